The van der Waals surface area contributed by atoms with Crippen LogP contribution in [0.4, 0.5) is 0 Å². The van der Waals surface area contributed by atoms with Crippen LogP contribution >= 0.6 is 11.6 Å². The van der Waals surface area contributed by atoms with Crippen LogP contribution in [-0.4, -0.2) is 41.9 Å². The van der Waals surface area contributed by atoms with E-state index < -0.39 is 0 Å². The average molecular weight is 321 g/mol. The molecule has 2 aliphatic rings. The highest BCUT2D eigenvalue weighted by Gasteiger charge is 2.50. The Morgan fingerprint density at radius 2 is 2.05 bits per heavy atom. The fourth-order valence-electron chi connectivity index (χ4n) is 3.93. The van der Waals surface area contributed by atoms with Crippen molar-refractivity contribution < 1.29 is 4.79 Å². The fraction of sp³-hybridized carbons (Fsp3) is 0.611. The van der Waals surface area contributed by atoms with E-state index in [0.29, 0.717) is 5.91 Å². The van der Waals surface area contributed by atoms with Crippen molar-refractivity contribution in [2.24, 2.45) is 5.41 Å². The monoisotopic (exact) mass is 320 g/mol. The number of carbonyl (C=O) groups is 1. The lowest BCUT2D eigenvalue weighted by atomic mass is 9.85. The summed E-state index contributed by atoms with van der Waals surface area (Å²) in [6, 6.07) is 6.09. The first-order valence-electron chi connectivity index (χ1n) is 8.31. The van der Waals surface area contributed by atoms with Gasteiger partial charge in [0, 0.05) is 31.2 Å². The molecule has 1 spiro atoms. The SMILES string of the molecule is CCCN1CCC2(CCN(Cc3ccc(Cl)cc3C)C2)C1=O. The molecule has 1 aromatic carbocycles. The third-order valence-corrected chi connectivity index (χ3v) is 5.46. The zero-order chi connectivity index (χ0) is 15.7. The van der Waals surface area contributed by atoms with Crippen LogP contribution in [0.5, 0.6) is 0 Å². The van der Waals surface area contributed by atoms with E-state index in [1.165, 1.54) is 11.1 Å². The summed E-state index contributed by atoms with van der Waals surface area (Å²) in [6.07, 6.45) is 3.09. The standard InChI is InChI=1S/C18H25ClN2O/c1-3-8-21-10-7-18(17(21)22)6-9-20(13-18)12-15-4-5-16(19)11-14(15)2/h4-5,11H,3,6-10,12-13H2,1-2H3. The molecule has 3 rings (SSSR count). The normalized spacial score (nSPS) is 25.6. The minimum absolute atomic E-state index is 0.102. The summed E-state index contributed by atoms with van der Waals surface area (Å²) in [7, 11) is 0. The molecule has 3 nitrogen and oxygen atoms in total. The van der Waals surface area contributed by atoms with E-state index in [4.69, 9.17) is 11.6 Å². The van der Waals surface area contributed by atoms with Crippen LogP contribution in [0.1, 0.15) is 37.3 Å². The molecule has 2 fully saturated rings. The lowest BCUT2D eigenvalue weighted by molar-refractivity contribution is -0.135. The first kappa shape index (κ1) is 15.8. The first-order chi connectivity index (χ1) is 10.5. The predicted molar refractivity (Wildman–Crippen MR) is 90.0 cm³/mol. The number of halogens is 1. The molecule has 1 unspecified atom stereocenters. The Bertz CT molecular complexity index is 574. The highest BCUT2D eigenvalue weighted by Crippen LogP contribution is 2.41. The van der Waals surface area contributed by atoms with Crippen molar-refractivity contribution in [2.75, 3.05) is 26.2 Å². The molecule has 1 amide bonds. The summed E-state index contributed by atoms with van der Waals surface area (Å²) in [4.78, 5) is 17.2. The molecule has 120 valence electrons. The number of nitrogens with zero attached hydrogens (tertiary/aromatic N) is 2. The molecule has 4 heteroatoms. The van der Waals surface area contributed by atoms with Crippen LogP contribution < -0.4 is 0 Å². The number of hydrogen-bond donors (Lipinski definition) is 0. The van der Waals surface area contributed by atoms with Gasteiger partial charge in [-0.05, 0) is 56.0 Å². The molecule has 0 aliphatic carbocycles. The van der Waals surface area contributed by atoms with Crippen molar-refractivity contribution in [3.63, 3.8) is 0 Å². The average Bonchev–Trinajstić information content (AvgIpc) is 3.02. The second kappa shape index (κ2) is 6.21. The van der Waals surface area contributed by atoms with Gasteiger partial charge in [0.1, 0.15) is 0 Å². The van der Waals surface area contributed by atoms with Gasteiger partial charge in [0.05, 0.1) is 5.41 Å². The van der Waals surface area contributed by atoms with Crippen LogP contribution in [0.3, 0.4) is 0 Å². The van der Waals surface area contributed by atoms with E-state index in [0.717, 1.165) is 57.0 Å². The predicted octanol–water partition coefficient (Wildman–Crippen LogP) is 3.48. The van der Waals surface area contributed by atoms with Crippen LogP contribution in [0.15, 0.2) is 18.2 Å². The third-order valence-electron chi connectivity index (χ3n) is 5.23. The van der Waals surface area contributed by atoms with Gasteiger partial charge in [-0.2, -0.15) is 0 Å². The van der Waals surface area contributed by atoms with Gasteiger partial charge >= 0.3 is 0 Å². The van der Waals surface area contributed by atoms with Crippen molar-refractivity contribution in [2.45, 2.75) is 39.7 Å². The Hall–Kier alpha value is -1.06. The van der Waals surface area contributed by atoms with Gasteiger partial charge < -0.3 is 4.90 Å². The number of amides is 1. The smallest absolute Gasteiger partial charge is 0.230 e. The zero-order valence-electron chi connectivity index (χ0n) is 13.6. The Kier molecular flexibility index (Phi) is 4.47. The maximum absolute atomic E-state index is 12.7. The van der Waals surface area contributed by atoms with Crippen molar-refractivity contribution in [3.8, 4) is 0 Å². The molecule has 0 bridgehead atoms. The van der Waals surface area contributed by atoms with Crippen molar-refractivity contribution >= 4 is 17.5 Å². The molecular formula is C18H25ClN2O. The molecule has 0 saturated carbocycles. The van der Waals surface area contributed by atoms with Crippen LogP contribution in [0.25, 0.3) is 0 Å². The number of benzene rings is 1. The highest BCUT2D eigenvalue weighted by molar-refractivity contribution is 6.30. The molecule has 22 heavy (non-hydrogen) atoms. The topological polar surface area (TPSA) is 23.6 Å². The van der Waals surface area contributed by atoms with E-state index >= 15 is 0 Å². The van der Waals surface area contributed by atoms with Crippen LogP contribution in [0.2, 0.25) is 5.02 Å². The summed E-state index contributed by atoms with van der Waals surface area (Å²) < 4.78 is 0. The molecule has 2 saturated heterocycles. The molecular weight excluding hydrogens is 296 g/mol. The van der Waals surface area contributed by atoms with E-state index in [2.05, 4.69) is 29.7 Å². The molecule has 2 aliphatic heterocycles. The quantitative estimate of drug-likeness (QED) is 0.848. The molecule has 0 radical (unpaired) electrons. The second-order valence-corrected chi connectivity index (χ2v) is 7.29. The second-order valence-electron chi connectivity index (χ2n) is 6.85. The van der Waals surface area contributed by atoms with Crippen LogP contribution in [0, 0.1) is 12.3 Å². The van der Waals surface area contributed by atoms with E-state index in [-0.39, 0.29) is 5.41 Å². The van der Waals surface area contributed by atoms with E-state index in [1.54, 1.807) is 0 Å². The van der Waals surface area contributed by atoms with Gasteiger partial charge in [-0.25, -0.2) is 0 Å². The van der Waals surface area contributed by atoms with Gasteiger partial charge in [-0.15, -0.1) is 0 Å². The number of rotatable bonds is 4. The summed E-state index contributed by atoms with van der Waals surface area (Å²) in [6.45, 7) is 8.96. The van der Waals surface area contributed by atoms with Gasteiger partial charge in [-0.3, -0.25) is 9.69 Å². The van der Waals surface area contributed by atoms with Crippen molar-refractivity contribution in [1.29, 1.82) is 0 Å². The van der Waals surface area contributed by atoms with Crippen molar-refractivity contribution in [3.05, 3.63) is 34.3 Å². The molecule has 0 aromatic heterocycles. The zero-order valence-corrected chi connectivity index (χ0v) is 14.3. The minimum atomic E-state index is -0.102. The van der Waals surface area contributed by atoms with Crippen LogP contribution in [-0.2, 0) is 11.3 Å². The number of hydrogen-bond acceptors (Lipinski definition) is 2. The molecule has 1 atom stereocenters. The summed E-state index contributed by atoms with van der Waals surface area (Å²) in [5.74, 6) is 0.393. The van der Waals surface area contributed by atoms with Gasteiger partial charge in [0.2, 0.25) is 5.91 Å². The van der Waals surface area contributed by atoms with Crippen molar-refractivity contribution in [1.82, 2.24) is 9.80 Å². The summed E-state index contributed by atoms with van der Waals surface area (Å²) in [5.41, 5.74) is 2.45. The van der Waals surface area contributed by atoms with Gasteiger partial charge in [0.25, 0.3) is 0 Å². The number of aryl methyl sites for hydroxylation is 1. The Balaban J connectivity index is 1.66. The van der Waals surface area contributed by atoms with E-state index in [9.17, 15) is 4.79 Å². The number of likely N-dealkylation sites (tertiary alicyclic amines) is 2. The third kappa shape index (κ3) is 2.89. The Labute approximate surface area is 138 Å². The maximum atomic E-state index is 12.7. The first-order valence-corrected chi connectivity index (χ1v) is 8.69. The van der Waals surface area contributed by atoms with Gasteiger partial charge in [0.15, 0.2) is 0 Å². The molecule has 0 N–H and O–H groups in total. The highest BCUT2D eigenvalue weighted by atomic mass is 35.5. The molecule has 2 heterocycles. The number of carbonyl (C=O) groups excluding carboxylic acids is 1. The largest absolute Gasteiger partial charge is 0.342 e. The maximum Gasteiger partial charge on any atom is 0.230 e. The summed E-state index contributed by atoms with van der Waals surface area (Å²) in [5, 5.41) is 0.792. The fourth-order valence-corrected chi connectivity index (χ4v) is 4.15. The Morgan fingerprint density at radius 3 is 2.77 bits per heavy atom. The Morgan fingerprint density at radius 1 is 1.27 bits per heavy atom. The minimum Gasteiger partial charge on any atom is -0.342 e. The van der Waals surface area contributed by atoms with Gasteiger partial charge in [-0.1, -0.05) is 24.6 Å². The lowest BCUT2D eigenvalue weighted by Crippen LogP contribution is -2.37. The molecule has 1 aromatic rings. The summed E-state index contributed by atoms with van der Waals surface area (Å²) >= 11 is 6.03. The van der Waals surface area contributed by atoms with E-state index in [1.807, 2.05) is 12.1 Å². The lowest BCUT2D eigenvalue weighted by Gasteiger charge is -2.24.